The van der Waals surface area contributed by atoms with Crippen molar-refractivity contribution in [3.05, 3.63) is 71.2 Å². The molecule has 5 rings (SSSR count). The second-order valence-corrected chi connectivity index (χ2v) is 10.2. The van der Waals surface area contributed by atoms with Crippen molar-refractivity contribution in [2.24, 2.45) is 0 Å². The van der Waals surface area contributed by atoms with E-state index in [9.17, 15) is 5.11 Å². The topological polar surface area (TPSA) is 98.2 Å². The number of piperidine rings is 1. The molecule has 2 N–H and O–H groups in total. The molecule has 0 radical (unpaired) electrons. The van der Waals surface area contributed by atoms with Crippen LogP contribution in [0.2, 0.25) is 0 Å². The molecule has 208 valence electrons. The fourth-order valence-electron chi connectivity index (χ4n) is 5.33. The van der Waals surface area contributed by atoms with Gasteiger partial charge in [0, 0.05) is 51.0 Å². The maximum absolute atomic E-state index is 10.9. The van der Waals surface area contributed by atoms with Gasteiger partial charge in [0.1, 0.15) is 23.9 Å². The Morgan fingerprint density at radius 1 is 1.08 bits per heavy atom. The van der Waals surface area contributed by atoms with E-state index in [1.54, 1.807) is 7.11 Å². The molecule has 3 aromatic rings. The van der Waals surface area contributed by atoms with E-state index >= 15 is 0 Å². The van der Waals surface area contributed by atoms with E-state index < -0.39 is 6.10 Å². The maximum Gasteiger partial charge on any atom is 0.222 e. The van der Waals surface area contributed by atoms with E-state index in [0.29, 0.717) is 43.8 Å². The Kier molecular flexibility index (Phi) is 8.93. The number of rotatable bonds is 10. The molecule has 3 unspecified atom stereocenters. The van der Waals surface area contributed by atoms with Gasteiger partial charge in [0.2, 0.25) is 5.88 Å². The van der Waals surface area contributed by atoms with E-state index in [2.05, 4.69) is 32.3 Å². The van der Waals surface area contributed by atoms with Gasteiger partial charge in [-0.15, -0.1) is 0 Å². The molecule has 9 nitrogen and oxygen atoms in total. The predicted octanol–water partition coefficient (Wildman–Crippen LogP) is 3.75. The van der Waals surface area contributed by atoms with Gasteiger partial charge in [-0.3, -0.25) is 0 Å². The molecule has 2 aliphatic rings. The number of aliphatic hydroxyl groups is 1. The number of methoxy groups -OCH3 is 1. The van der Waals surface area contributed by atoms with Crippen molar-refractivity contribution in [2.45, 2.75) is 45.0 Å². The molecular weight excluding hydrogens is 496 g/mol. The molecule has 0 spiro atoms. The van der Waals surface area contributed by atoms with Crippen LogP contribution in [-0.2, 0) is 16.1 Å². The van der Waals surface area contributed by atoms with Crippen LogP contribution in [0, 0.1) is 13.8 Å². The third-order valence-corrected chi connectivity index (χ3v) is 7.17. The minimum absolute atomic E-state index is 0.157. The van der Waals surface area contributed by atoms with Gasteiger partial charge in [-0.05, 0) is 55.7 Å². The summed E-state index contributed by atoms with van der Waals surface area (Å²) in [6.45, 7) is 8.60. The van der Waals surface area contributed by atoms with Crippen molar-refractivity contribution in [3.63, 3.8) is 0 Å². The number of fused-ring (bicyclic) bond motifs is 1. The van der Waals surface area contributed by atoms with E-state index in [1.807, 2.05) is 50.2 Å². The first kappa shape index (κ1) is 27.3. The number of ether oxygens (including phenoxy) is 4. The molecular formula is C30H38N4O5. The normalized spacial score (nSPS) is 20.8. The number of nitrogens with one attached hydrogen (secondary N) is 1. The summed E-state index contributed by atoms with van der Waals surface area (Å²) in [6, 6.07) is 15.9. The lowest BCUT2D eigenvalue weighted by molar-refractivity contribution is -0.0328. The molecule has 1 fully saturated rings. The zero-order valence-corrected chi connectivity index (χ0v) is 22.9. The molecule has 0 amide bonds. The second kappa shape index (κ2) is 12.7. The Bertz CT molecular complexity index is 1220. The highest BCUT2D eigenvalue weighted by Crippen LogP contribution is 2.34. The summed E-state index contributed by atoms with van der Waals surface area (Å²) in [5.41, 5.74) is 4.05. The lowest BCUT2D eigenvalue weighted by Crippen LogP contribution is -2.49. The van der Waals surface area contributed by atoms with Crippen molar-refractivity contribution in [1.82, 2.24) is 15.3 Å². The Balaban J connectivity index is 1.26. The maximum atomic E-state index is 10.9. The average Bonchev–Trinajstić information content (AvgIpc) is 2.92. The minimum Gasteiger partial charge on any atom is -0.490 e. The Morgan fingerprint density at radius 2 is 1.92 bits per heavy atom. The van der Waals surface area contributed by atoms with Crippen LogP contribution < -0.4 is 19.7 Å². The number of aliphatic hydroxyl groups excluding tert-OH is 1. The van der Waals surface area contributed by atoms with Crippen LogP contribution in [-0.4, -0.2) is 73.8 Å². The number of aromatic nitrogens is 2. The number of hydrogen-bond acceptors (Lipinski definition) is 9. The van der Waals surface area contributed by atoms with Gasteiger partial charge in [0.05, 0.1) is 31.0 Å². The zero-order valence-electron chi connectivity index (χ0n) is 22.9. The fraction of sp³-hybridized carbons (Fsp3) is 0.467. The molecule has 1 saturated heterocycles. The lowest BCUT2D eigenvalue weighted by Gasteiger charge is -2.36. The van der Waals surface area contributed by atoms with Gasteiger partial charge in [0.25, 0.3) is 0 Å². The smallest absolute Gasteiger partial charge is 0.222 e. The van der Waals surface area contributed by atoms with Crippen molar-refractivity contribution in [2.75, 3.05) is 51.4 Å². The van der Waals surface area contributed by atoms with E-state index in [4.69, 9.17) is 18.9 Å². The minimum atomic E-state index is -0.559. The van der Waals surface area contributed by atoms with Gasteiger partial charge in [-0.2, -0.15) is 4.98 Å². The number of aryl methyl sites for hydroxylation is 2. The first-order valence-electron chi connectivity index (χ1n) is 13.6. The van der Waals surface area contributed by atoms with Crippen LogP contribution in [0.25, 0.3) is 0 Å². The van der Waals surface area contributed by atoms with Crippen LogP contribution in [0.3, 0.4) is 0 Å². The number of nitrogens with zero attached hydrogens (tertiary/aromatic N) is 3. The summed E-state index contributed by atoms with van der Waals surface area (Å²) in [4.78, 5) is 11.0. The summed E-state index contributed by atoms with van der Waals surface area (Å²) in [5.74, 6) is 2.62. The Labute approximate surface area is 230 Å². The zero-order chi connectivity index (χ0) is 27.2. The van der Waals surface area contributed by atoms with Gasteiger partial charge in [-0.1, -0.05) is 18.2 Å². The summed E-state index contributed by atoms with van der Waals surface area (Å²) >= 11 is 0. The van der Waals surface area contributed by atoms with E-state index in [1.165, 1.54) is 0 Å². The first-order valence-corrected chi connectivity index (χ1v) is 13.6. The highest BCUT2D eigenvalue weighted by atomic mass is 16.5. The molecule has 2 aromatic carbocycles. The molecule has 39 heavy (non-hydrogen) atoms. The van der Waals surface area contributed by atoms with Crippen molar-refractivity contribution in [1.29, 1.82) is 0 Å². The van der Waals surface area contributed by atoms with Crippen molar-refractivity contribution >= 4 is 5.69 Å². The highest BCUT2D eigenvalue weighted by Gasteiger charge is 2.34. The van der Waals surface area contributed by atoms with Gasteiger partial charge in [-0.25, -0.2) is 4.98 Å². The summed E-state index contributed by atoms with van der Waals surface area (Å²) in [5, 5.41) is 14.2. The lowest BCUT2D eigenvalue weighted by atomic mass is 9.85. The van der Waals surface area contributed by atoms with Gasteiger partial charge < -0.3 is 34.3 Å². The van der Waals surface area contributed by atoms with E-state index in [-0.39, 0.29) is 12.0 Å². The van der Waals surface area contributed by atoms with Crippen LogP contribution in [0.15, 0.2) is 48.5 Å². The molecule has 0 saturated carbocycles. The summed E-state index contributed by atoms with van der Waals surface area (Å²) in [6.07, 6.45) is 0.222. The number of hydrogen-bond donors (Lipinski definition) is 2. The summed E-state index contributed by atoms with van der Waals surface area (Å²) < 4.78 is 23.5. The monoisotopic (exact) mass is 534 g/mol. The molecule has 1 aromatic heterocycles. The first-order chi connectivity index (χ1) is 19.0. The third kappa shape index (κ3) is 6.86. The quantitative estimate of drug-likeness (QED) is 0.377. The standard InChI is InChI=1S/C30H38N4O5/c1-20-15-29(33-21(2)32-20)39-24-8-6-23(7-9-24)30-26(35)17-31-18-28(30)38-19-22-5-10-27-25(16-22)34(12-14-37-27)11-4-13-36-3/h5-10,15-16,26,28,30-31,35H,4,11-14,17-19H2,1-3H3. The van der Waals surface area contributed by atoms with Gasteiger partial charge in [0.15, 0.2) is 0 Å². The van der Waals surface area contributed by atoms with Crippen LogP contribution >= 0.6 is 0 Å². The number of anilines is 1. The fourth-order valence-corrected chi connectivity index (χ4v) is 5.33. The van der Waals surface area contributed by atoms with Crippen LogP contribution in [0.5, 0.6) is 17.4 Å². The van der Waals surface area contributed by atoms with Crippen molar-refractivity contribution < 1.29 is 24.1 Å². The molecule has 3 heterocycles. The third-order valence-electron chi connectivity index (χ3n) is 7.17. The molecule has 0 aliphatic carbocycles. The molecule has 3 atom stereocenters. The van der Waals surface area contributed by atoms with Gasteiger partial charge >= 0.3 is 0 Å². The van der Waals surface area contributed by atoms with E-state index in [0.717, 1.165) is 54.4 Å². The highest BCUT2D eigenvalue weighted by molar-refractivity contribution is 5.61. The number of benzene rings is 2. The Hall–Kier alpha value is -3.24. The van der Waals surface area contributed by atoms with Crippen LogP contribution in [0.4, 0.5) is 5.69 Å². The molecule has 2 aliphatic heterocycles. The van der Waals surface area contributed by atoms with Crippen LogP contribution in [0.1, 0.15) is 35.0 Å². The SMILES string of the molecule is COCCCN1CCOc2ccc(COC3CNCC(O)C3c3ccc(Oc4cc(C)nc(C)n4)cc3)cc21. The largest absolute Gasteiger partial charge is 0.490 e. The Morgan fingerprint density at radius 3 is 2.72 bits per heavy atom. The van der Waals surface area contributed by atoms with Crippen molar-refractivity contribution in [3.8, 4) is 17.4 Å². The molecule has 0 bridgehead atoms. The number of β-amino-alcohol motifs (C(OH)–C–C–N with tert-alkyl or cyclic N) is 1. The molecule has 9 heteroatoms. The second-order valence-electron chi connectivity index (χ2n) is 10.2. The predicted molar refractivity (Wildman–Crippen MR) is 149 cm³/mol. The average molecular weight is 535 g/mol. The summed E-state index contributed by atoms with van der Waals surface area (Å²) in [7, 11) is 1.73.